The highest BCUT2D eigenvalue weighted by atomic mass is 19.1. The van der Waals surface area contributed by atoms with E-state index in [0.29, 0.717) is 41.8 Å². The summed E-state index contributed by atoms with van der Waals surface area (Å²) >= 11 is 0. The van der Waals surface area contributed by atoms with Crippen molar-refractivity contribution in [2.75, 3.05) is 0 Å². The maximum atomic E-state index is 13.7. The smallest absolute Gasteiger partial charge is 0.270 e. The lowest BCUT2D eigenvalue weighted by Crippen LogP contribution is -2.29. The Balaban J connectivity index is 1.68. The van der Waals surface area contributed by atoms with Gasteiger partial charge in [0.15, 0.2) is 0 Å². The fraction of sp³-hybridized carbons (Fsp3) is 0.214. The normalized spacial score (nSPS) is 11.0. The molecule has 0 unspecified atom stereocenters. The molecule has 1 heterocycles. The summed E-state index contributed by atoms with van der Waals surface area (Å²) in [5, 5.41) is 15.1. The van der Waals surface area contributed by atoms with Gasteiger partial charge in [0, 0.05) is 23.2 Å². The van der Waals surface area contributed by atoms with E-state index in [1.54, 1.807) is 24.3 Å². The number of rotatable bonds is 8. The van der Waals surface area contributed by atoms with Crippen molar-refractivity contribution in [1.82, 2.24) is 9.78 Å². The van der Waals surface area contributed by atoms with Crippen molar-refractivity contribution in [1.29, 1.82) is 0 Å². The van der Waals surface area contributed by atoms with Crippen LogP contribution in [0.4, 0.5) is 4.39 Å². The predicted octanol–water partition coefficient (Wildman–Crippen LogP) is 5.48. The highest BCUT2D eigenvalue weighted by Crippen LogP contribution is 2.32. The first-order chi connectivity index (χ1) is 16.0. The maximum absolute atomic E-state index is 13.7. The third-order valence-corrected chi connectivity index (χ3v) is 5.83. The van der Waals surface area contributed by atoms with Gasteiger partial charge in [0.05, 0.1) is 5.69 Å². The van der Waals surface area contributed by atoms with Gasteiger partial charge in [-0.25, -0.2) is 9.07 Å². The fourth-order valence-electron chi connectivity index (χ4n) is 4.22. The van der Waals surface area contributed by atoms with E-state index in [2.05, 4.69) is 17.2 Å². The van der Waals surface area contributed by atoms with E-state index in [1.807, 2.05) is 37.3 Å². The van der Waals surface area contributed by atoms with Gasteiger partial charge in [-0.15, -0.1) is 0 Å². The lowest BCUT2D eigenvalue weighted by molar-refractivity contribution is 0.477. The quantitative estimate of drug-likeness (QED) is 0.393. The van der Waals surface area contributed by atoms with Crippen molar-refractivity contribution in [2.45, 2.75) is 39.2 Å². The molecule has 4 aromatic rings. The zero-order valence-corrected chi connectivity index (χ0v) is 18.7. The Morgan fingerprint density at radius 2 is 1.61 bits per heavy atom. The van der Waals surface area contributed by atoms with Gasteiger partial charge >= 0.3 is 0 Å². The number of nitrogens with zero attached hydrogens (tertiary/aromatic N) is 2. The summed E-state index contributed by atoms with van der Waals surface area (Å²) in [5.41, 5.74) is 4.41. The van der Waals surface area contributed by atoms with Crippen LogP contribution in [-0.4, -0.2) is 14.9 Å². The predicted molar refractivity (Wildman–Crippen MR) is 129 cm³/mol. The zero-order chi connectivity index (χ0) is 23.2. The molecule has 168 valence electrons. The van der Waals surface area contributed by atoms with Gasteiger partial charge in [0.25, 0.3) is 5.56 Å². The summed E-state index contributed by atoms with van der Waals surface area (Å²) < 4.78 is 15.2. The standard InChI is InChI=1S/C28H27FN2O2/c1-20-27(24-14-5-6-15-26(24)32)25(17-16-22-11-7-13-23(29)19-22)28(33)31(30-20)18-8-12-21-9-3-2-4-10-21/h2-7,9-11,13-15,19,32H,8,12,16-18H2,1H3. The van der Waals surface area contributed by atoms with Gasteiger partial charge in [-0.3, -0.25) is 4.79 Å². The molecule has 33 heavy (non-hydrogen) atoms. The van der Waals surface area contributed by atoms with E-state index >= 15 is 0 Å². The Kier molecular flexibility index (Phi) is 6.98. The molecule has 1 aromatic heterocycles. The molecular formula is C28H27FN2O2. The number of para-hydroxylation sites is 1. The van der Waals surface area contributed by atoms with Crippen molar-refractivity contribution in [2.24, 2.45) is 0 Å². The van der Waals surface area contributed by atoms with Crippen LogP contribution < -0.4 is 5.56 Å². The van der Waals surface area contributed by atoms with E-state index in [-0.39, 0.29) is 17.1 Å². The second kappa shape index (κ2) is 10.3. The molecule has 0 bridgehead atoms. The Bertz CT molecular complexity index is 1300. The molecule has 0 saturated carbocycles. The largest absolute Gasteiger partial charge is 0.507 e. The van der Waals surface area contributed by atoms with Crippen LogP contribution >= 0.6 is 0 Å². The average Bonchev–Trinajstić information content (AvgIpc) is 2.81. The second-order valence-corrected chi connectivity index (χ2v) is 8.20. The van der Waals surface area contributed by atoms with Crippen LogP contribution in [0, 0.1) is 12.7 Å². The van der Waals surface area contributed by atoms with Crippen LogP contribution in [0.2, 0.25) is 0 Å². The van der Waals surface area contributed by atoms with Gasteiger partial charge in [0.1, 0.15) is 11.6 Å². The van der Waals surface area contributed by atoms with Crippen LogP contribution in [0.25, 0.3) is 11.1 Å². The minimum Gasteiger partial charge on any atom is -0.507 e. The van der Waals surface area contributed by atoms with Crippen LogP contribution in [0.5, 0.6) is 5.75 Å². The molecule has 0 saturated heterocycles. The Morgan fingerprint density at radius 1 is 0.879 bits per heavy atom. The molecular weight excluding hydrogens is 415 g/mol. The van der Waals surface area contributed by atoms with Gasteiger partial charge < -0.3 is 5.11 Å². The highest BCUT2D eigenvalue weighted by Gasteiger charge is 2.19. The first-order valence-corrected chi connectivity index (χ1v) is 11.2. The summed E-state index contributed by atoms with van der Waals surface area (Å²) in [5.74, 6) is -0.187. The first-order valence-electron chi connectivity index (χ1n) is 11.2. The van der Waals surface area contributed by atoms with Crippen molar-refractivity contribution in [3.8, 4) is 16.9 Å². The summed E-state index contributed by atoms with van der Waals surface area (Å²) in [7, 11) is 0. The molecule has 0 atom stereocenters. The SMILES string of the molecule is Cc1nn(CCCc2ccccc2)c(=O)c(CCc2cccc(F)c2)c1-c1ccccc1O. The Morgan fingerprint density at radius 3 is 2.36 bits per heavy atom. The number of aromatic nitrogens is 2. The number of hydrogen-bond acceptors (Lipinski definition) is 3. The van der Waals surface area contributed by atoms with Gasteiger partial charge in [0.2, 0.25) is 0 Å². The Labute approximate surface area is 193 Å². The number of hydrogen-bond donors (Lipinski definition) is 1. The number of phenolic OH excluding ortho intramolecular Hbond substituents is 1. The molecule has 1 N–H and O–H groups in total. The summed E-state index contributed by atoms with van der Waals surface area (Å²) in [6, 6.07) is 23.6. The lowest BCUT2D eigenvalue weighted by atomic mass is 9.94. The molecule has 0 aliphatic heterocycles. The molecule has 0 radical (unpaired) electrons. The summed E-state index contributed by atoms with van der Waals surface area (Å²) in [6.07, 6.45) is 2.58. The van der Waals surface area contributed by atoms with Gasteiger partial charge in [-0.1, -0.05) is 60.7 Å². The third-order valence-electron chi connectivity index (χ3n) is 5.83. The van der Waals surface area contributed by atoms with E-state index in [1.165, 1.54) is 22.4 Å². The third kappa shape index (κ3) is 5.37. The number of halogens is 1. The second-order valence-electron chi connectivity index (χ2n) is 8.20. The van der Waals surface area contributed by atoms with Crippen molar-refractivity contribution < 1.29 is 9.50 Å². The number of phenols is 1. The van der Waals surface area contributed by atoms with E-state index in [9.17, 15) is 14.3 Å². The zero-order valence-electron chi connectivity index (χ0n) is 18.7. The van der Waals surface area contributed by atoms with E-state index < -0.39 is 0 Å². The van der Waals surface area contributed by atoms with Crippen LogP contribution in [0.3, 0.4) is 0 Å². The van der Waals surface area contributed by atoms with E-state index in [0.717, 1.165) is 18.4 Å². The van der Waals surface area contributed by atoms with Crippen LogP contribution in [-0.2, 0) is 25.8 Å². The number of aryl methyl sites for hydroxylation is 4. The van der Waals surface area contributed by atoms with Crippen molar-refractivity contribution in [3.63, 3.8) is 0 Å². The topological polar surface area (TPSA) is 55.1 Å². The maximum Gasteiger partial charge on any atom is 0.270 e. The highest BCUT2D eigenvalue weighted by molar-refractivity contribution is 5.74. The minimum absolute atomic E-state index is 0.107. The van der Waals surface area contributed by atoms with Crippen molar-refractivity contribution >= 4 is 0 Å². The van der Waals surface area contributed by atoms with Crippen LogP contribution in [0.1, 0.15) is 28.8 Å². The molecule has 0 aliphatic rings. The Hall–Kier alpha value is -3.73. The molecule has 0 amide bonds. The molecule has 0 fully saturated rings. The number of aromatic hydroxyl groups is 1. The first kappa shape index (κ1) is 22.5. The minimum atomic E-state index is -0.294. The molecule has 4 rings (SSSR count). The van der Waals surface area contributed by atoms with Crippen LogP contribution in [0.15, 0.2) is 83.7 Å². The molecule has 0 spiro atoms. The van der Waals surface area contributed by atoms with Gasteiger partial charge in [-0.2, -0.15) is 5.10 Å². The average molecular weight is 443 g/mol. The summed E-state index contributed by atoms with van der Waals surface area (Å²) in [6.45, 7) is 2.36. The number of benzene rings is 3. The summed E-state index contributed by atoms with van der Waals surface area (Å²) in [4.78, 5) is 13.5. The monoisotopic (exact) mass is 442 g/mol. The lowest BCUT2D eigenvalue weighted by Gasteiger charge is -2.16. The molecule has 0 aliphatic carbocycles. The fourth-order valence-corrected chi connectivity index (χ4v) is 4.22. The molecule has 5 heteroatoms. The van der Waals surface area contributed by atoms with Gasteiger partial charge in [-0.05, 0) is 61.9 Å². The van der Waals surface area contributed by atoms with E-state index in [4.69, 9.17) is 0 Å². The molecule has 4 nitrogen and oxygen atoms in total. The van der Waals surface area contributed by atoms with Crippen molar-refractivity contribution in [3.05, 3.63) is 117 Å². The molecule has 3 aromatic carbocycles.